The van der Waals surface area contributed by atoms with Gasteiger partial charge in [0.1, 0.15) is 0 Å². The van der Waals surface area contributed by atoms with E-state index in [1.165, 1.54) is 0 Å². The molecule has 22 heavy (non-hydrogen) atoms. The van der Waals surface area contributed by atoms with Crippen LogP contribution < -0.4 is 5.32 Å². The Labute approximate surface area is 139 Å². The van der Waals surface area contributed by atoms with Crippen LogP contribution in [0, 0.1) is 0 Å². The van der Waals surface area contributed by atoms with Crippen LogP contribution in [0.4, 0.5) is 0 Å². The van der Waals surface area contributed by atoms with E-state index in [-0.39, 0.29) is 17.9 Å². The summed E-state index contributed by atoms with van der Waals surface area (Å²) in [6.45, 7) is 4.28. The van der Waals surface area contributed by atoms with Gasteiger partial charge in [-0.05, 0) is 30.7 Å². The Kier molecular flexibility index (Phi) is 6.39. The van der Waals surface area contributed by atoms with Crippen LogP contribution in [-0.2, 0) is 9.53 Å². The largest absolute Gasteiger partial charge is 0.375 e. The maximum atomic E-state index is 12.1. The summed E-state index contributed by atoms with van der Waals surface area (Å²) in [5.41, 5.74) is 0.591. The van der Waals surface area contributed by atoms with E-state index < -0.39 is 0 Å². The number of benzene rings is 1. The lowest BCUT2D eigenvalue weighted by Gasteiger charge is -2.32. The lowest BCUT2D eigenvalue weighted by atomic mass is 10.2. The summed E-state index contributed by atoms with van der Waals surface area (Å²) in [4.78, 5) is 25.9. The van der Waals surface area contributed by atoms with Gasteiger partial charge < -0.3 is 15.0 Å². The number of carbonyl (C=O) groups is 2. The molecule has 0 saturated carbocycles. The second-order valence-electron chi connectivity index (χ2n) is 5.25. The summed E-state index contributed by atoms with van der Waals surface area (Å²) >= 11 is 3.33. The molecule has 0 spiro atoms. The van der Waals surface area contributed by atoms with Crippen LogP contribution in [-0.4, -0.2) is 49.1 Å². The van der Waals surface area contributed by atoms with E-state index in [9.17, 15) is 9.59 Å². The molecule has 0 aliphatic carbocycles. The SMILES string of the molecule is CC[C@@H]1CN(C(=O)CCNC(=O)c2ccc(Br)cc2)CCO1. The third-order valence-corrected chi connectivity index (χ3v) is 4.21. The number of carbonyl (C=O) groups excluding carboxylic acids is 2. The third-order valence-electron chi connectivity index (χ3n) is 3.68. The summed E-state index contributed by atoms with van der Waals surface area (Å²) < 4.78 is 6.48. The predicted molar refractivity (Wildman–Crippen MR) is 87.7 cm³/mol. The lowest BCUT2D eigenvalue weighted by molar-refractivity contribution is -0.138. The maximum Gasteiger partial charge on any atom is 0.251 e. The van der Waals surface area contributed by atoms with E-state index in [0.717, 1.165) is 10.9 Å². The van der Waals surface area contributed by atoms with E-state index in [4.69, 9.17) is 4.74 Å². The Morgan fingerprint density at radius 1 is 1.36 bits per heavy atom. The van der Waals surface area contributed by atoms with Gasteiger partial charge in [0.05, 0.1) is 12.7 Å². The van der Waals surface area contributed by atoms with Crippen molar-refractivity contribution in [3.63, 3.8) is 0 Å². The van der Waals surface area contributed by atoms with E-state index in [0.29, 0.717) is 38.2 Å². The van der Waals surface area contributed by atoms with Gasteiger partial charge >= 0.3 is 0 Å². The molecule has 1 atom stereocenters. The van der Waals surface area contributed by atoms with Crippen LogP contribution in [0.5, 0.6) is 0 Å². The van der Waals surface area contributed by atoms with Crippen molar-refractivity contribution in [2.75, 3.05) is 26.2 Å². The van der Waals surface area contributed by atoms with E-state index in [1.54, 1.807) is 12.1 Å². The first-order valence-electron chi connectivity index (χ1n) is 7.53. The Morgan fingerprint density at radius 2 is 2.09 bits per heavy atom. The van der Waals surface area contributed by atoms with E-state index in [1.807, 2.05) is 17.0 Å². The molecule has 1 heterocycles. The summed E-state index contributed by atoms with van der Waals surface area (Å²) in [5.74, 6) is -0.0911. The van der Waals surface area contributed by atoms with Gasteiger partial charge in [0.2, 0.25) is 5.91 Å². The Hall–Kier alpha value is -1.40. The number of rotatable bonds is 5. The van der Waals surface area contributed by atoms with Crippen LogP contribution in [0.2, 0.25) is 0 Å². The van der Waals surface area contributed by atoms with Crippen LogP contribution in [0.1, 0.15) is 30.1 Å². The predicted octanol–water partition coefficient (Wildman–Crippen LogP) is 2.21. The Balaban J connectivity index is 1.74. The molecule has 2 amide bonds. The van der Waals surface area contributed by atoms with Gasteiger partial charge in [-0.1, -0.05) is 22.9 Å². The molecular formula is C16H21BrN2O3. The number of nitrogens with one attached hydrogen (secondary N) is 1. The summed E-state index contributed by atoms with van der Waals surface area (Å²) in [6.07, 6.45) is 1.36. The molecule has 1 N–H and O–H groups in total. The molecule has 1 saturated heterocycles. The number of morpholine rings is 1. The number of ether oxygens (including phenoxy) is 1. The zero-order valence-electron chi connectivity index (χ0n) is 12.7. The van der Waals surface area contributed by atoms with Crippen molar-refractivity contribution in [1.82, 2.24) is 10.2 Å². The lowest BCUT2D eigenvalue weighted by Crippen LogP contribution is -2.46. The second kappa shape index (κ2) is 8.29. The first-order valence-corrected chi connectivity index (χ1v) is 8.32. The Bertz CT molecular complexity index is 519. The van der Waals surface area contributed by atoms with Crippen molar-refractivity contribution < 1.29 is 14.3 Å². The molecule has 120 valence electrons. The fraction of sp³-hybridized carbons (Fsp3) is 0.500. The van der Waals surface area contributed by atoms with E-state index in [2.05, 4.69) is 28.2 Å². The molecule has 2 rings (SSSR count). The zero-order valence-corrected chi connectivity index (χ0v) is 14.3. The van der Waals surface area contributed by atoms with Gasteiger partial charge in [-0.2, -0.15) is 0 Å². The van der Waals surface area contributed by atoms with Crippen molar-refractivity contribution in [1.29, 1.82) is 0 Å². The minimum atomic E-state index is -0.159. The Morgan fingerprint density at radius 3 is 2.77 bits per heavy atom. The van der Waals surface area contributed by atoms with Crippen LogP contribution in [0.3, 0.4) is 0 Å². The van der Waals surface area contributed by atoms with Gasteiger partial charge in [0, 0.05) is 36.1 Å². The van der Waals surface area contributed by atoms with Crippen molar-refractivity contribution in [3.8, 4) is 0 Å². The number of nitrogens with zero attached hydrogens (tertiary/aromatic N) is 1. The number of hydrogen-bond acceptors (Lipinski definition) is 3. The van der Waals surface area contributed by atoms with Gasteiger partial charge in [-0.25, -0.2) is 0 Å². The quantitative estimate of drug-likeness (QED) is 0.866. The number of amides is 2. The van der Waals surface area contributed by atoms with Gasteiger partial charge in [0.15, 0.2) is 0 Å². The molecule has 5 nitrogen and oxygen atoms in total. The standard InChI is InChI=1S/C16H21BrN2O3/c1-2-14-11-19(9-10-22-14)15(20)7-8-18-16(21)12-3-5-13(17)6-4-12/h3-6,14H,2,7-11H2,1H3,(H,18,21)/t14-/m1/s1. The molecular weight excluding hydrogens is 348 g/mol. The molecule has 0 radical (unpaired) electrons. The second-order valence-corrected chi connectivity index (χ2v) is 6.17. The van der Waals surface area contributed by atoms with Crippen molar-refractivity contribution in [3.05, 3.63) is 34.3 Å². The number of hydrogen-bond donors (Lipinski definition) is 1. The number of halogens is 1. The van der Waals surface area contributed by atoms with Gasteiger partial charge in [-0.3, -0.25) is 9.59 Å². The third kappa shape index (κ3) is 4.81. The first-order chi connectivity index (χ1) is 10.6. The zero-order chi connectivity index (χ0) is 15.9. The van der Waals surface area contributed by atoms with Crippen molar-refractivity contribution in [2.24, 2.45) is 0 Å². The fourth-order valence-corrected chi connectivity index (χ4v) is 2.60. The van der Waals surface area contributed by atoms with Crippen molar-refractivity contribution >= 4 is 27.7 Å². The molecule has 1 fully saturated rings. The summed E-state index contributed by atoms with van der Waals surface area (Å²) in [7, 11) is 0. The van der Waals surface area contributed by atoms with Crippen LogP contribution in [0.15, 0.2) is 28.7 Å². The first kappa shape index (κ1) is 17.0. The normalized spacial score (nSPS) is 18.1. The average molecular weight is 369 g/mol. The van der Waals surface area contributed by atoms with E-state index >= 15 is 0 Å². The minimum Gasteiger partial charge on any atom is -0.375 e. The molecule has 0 unspecified atom stereocenters. The molecule has 0 aromatic heterocycles. The highest BCUT2D eigenvalue weighted by Gasteiger charge is 2.22. The fourth-order valence-electron chi connectivity index (χ4n) is 2.34. The van der Waals surface area contributed by atoms with Crippen molar-refractivity contribution in [2.45, 2.75) is 25.9 Å². The van der Waals surface area contributed by atoms with Gasteiger partial charge in [-0.15, -0.1) is 0 Å². The van der Waals surface area contributed by atoms with Crippen LogP contribution >= 0.6 is 15.9 Å². The smallest absolute Gasteiger partial charge is 0.251 e. The molecule has 1 aromatic rings. The minimum absolute atomic E-state index is 0.0675. The topological polar surface area (TPSA) is 58.6 Å². The molecule has 1 aliphatic heterocycles. The highest BCUT2D eigenvalue weighted by atomic mass is 79.9. The summed E-state index contributed by atoms with van der Waals surface area (Å²) in [5, 5.41) is 2.78. The molecule has 1 aromatic carbocycles. The molecule has 1 aliphatic rings. The molecule has 6 heteroatoms. The summed E-state index contributed by atoms with van der Waals surface area (Å²) in [6, 6.07) is 7.13. The maximum absolute atomic E-state index is 12.1. The monoisotopic (exact) mass is 368 g/mol. The highest BCUT2D eigenvalue weighted by Crippen LogP contribution is 2.11. The average Bonchev–Trinajstić information content (AvgIpc) is 2.55. The molecule has 0 bridgehead atoms. The van der Waals surface area contributed by atoms with Gasteiger partial charge in [0.25, 0.3) is 5.91 Å². The highest BCUT2D eigenvalue weighted by molar-refractivity contribution is 9.10. The van der Waals surface area contributed by atoms with Crippen LogP contribution in [0.25, 0.3) is 0 Å².